The number of hydrogen-bond acceptors (Lipinski definition) is 3. The highest BCUT2D eigenvalue weighted by atomic mass is 15.1. The maximum Gasteiger partial charge on any atom is 0.143 e. The summed E-state index contributed by atoms with van der Waals surface area (Å²) in [7, 11) is 0. The predicted octanol–water partition coefficient (Wildman–Crippen LogP) is 3.25. The first-order valence-corrected chi connectivity index (χ1v) is 7.59. The van der Waals surface area contributed by atoms with Crippen molar-refractivity contribution in [2.75, 3.05) is 6.54 Å². The lowest BCUT2D eigenvalue weighted by Gasteiger charge is -2.16. The van der Waals surface area contributed by atoms with E-state index in [1.807, 2.05) is 20.2 Å². The Balaban J connectivity index is 2.41. The number of aryl methyl sites for hydroxylation is 3. The van der Waals surface area contributed by atoms with Gasteiger partial charge in [-0.2, -0.15) is 0 Å². The van der Waals surface area contributed by atoms with Gasteiger partial charge in [-0.15, -0.1) is 0 Å². The number of imidazole rings is 1. The van der Waals surface area contributed by atoms with E-state index in [0.29, 0.717) is 5.92 Å². The lowest BCUT2D eigenvalue weighted by molar-refractivity contribution is 0.550. The second-order valence-corrected chi connectivity index (χ2v) is 6.19. The SMILES string of the molecule is Cc1cc(C)c(CNCC(C)C)c(-n2cnc(C)c2C)n1. The molecule has 0 fully saturated rings. The molecule has 0 saturated heterocycles. The maximum atomic E-state index is 4.76. The third-order valence-corrected chi connectivity index (χ3v) is 3.79. The number of hydrogen-bond donors (Lipinski definition) is 1. The van der Waals surface area contributed by atoms with Crippen molar-refractivity contribution in [1.82, 2.24) is 19.9 Å². The second kappa shape index (κ2) is 6.39. The summed E-state index contributed by atoms with van der Waals surface area (Å²) in [4.78, 5) is 9.16. The minimum atomic E-state index is 0.643. The molecule has 2 aromatic rings. The Kier molecular flexibility index (Phi) is 4.78. The number of rotatable bonds is 5. The van der Waals surface area contributed by atoms with Crippen LogP contribution in [0.1, 0.15) is 42.1 Å². The van der Waals surface area contributed by atoms with Gasteiger partial charge in [0.2, 0.25) is 0 Å². The predicted molar refractivity (Wildman–Crippen MR) is 86.9 cm³/mol. The zero-order valence-corrected chi connectivity index (χ0v) is 14.0. The van der Waals surface area contributed by atoms with Gasteiger partial charge in [-0.1, -0.05) is 13.8 Å². The average Bonchev–Trinajstić information content (AvgIpc) is 2.72. The van der Waals surface area contributed by atoms with Gasteiger partial charge in [0.15, 0.2) is 0 Å². The lowest BCUT2D eigenvalue weighted by Crippen LogP contribution is -2.21. The molecule has 0 spiro atoms. The van der Waals surface area contributed by atoms with Crippen molar-refractivity contribution in [2.24, 2.45) is 5.92 Å². The standard InChI is InChI=1S/C17H26N4/c1-11(2)8-18-9-16-12(3)7-13(4)20-17(16)21-10-19-14(5)15(21)6/h7,10-11,18H,8-9H2,1-6H3. The normalized spacial score (nSPS) is 11.4. The van der Waals surface area contributed by atoms with Crippen LogP contribution in [0.2, 0.25) is 0 Å². The molecule has 0 aliphatic rings. The Bertz CT molecular complexity index is 626. The van der Waals surface area contributed by atoms with E-state index < -0.39 is 0 Å². The van der Waals surface area contributed by atoms with Crippen LogP contribution in [0.3, 0.4) is 0 Å². The van der Waals surface area contributed by atoms with Gasteiger partial charge in [-0.05, 0) is 51.8 Å². The number of nitrogens with zero attached hydrogens (tertiary/aromatic N) is 3. The molecule has 0 atom stereocenters. The molecule has 21 heavy (non-hydrogen) atoms. The zero-order chi connectivity index (χ0) is 15.6. The second-order valence-electron chi connectivity index (χ2n) is 6.19. The van der Waals surface area contributed by atoms with E-state index in [4.69, 9.17) is 4.98 Å². The van der Waals surface area contributed by atoms with E-state index in [1.54, 1.807) is 0 Å². The smallest absolute Gasteiger partial charge is 0.143 e. The Morgan fingerprint density at radius 2 is 1.90 bits per heavy atom. The zero-order valence-electron chi connectivity index (χ0n) is 14.0. The number of aromatic nitrogens is 3. The van der Waals surface area contributed by atoms with Crippen molar-refractivity contribution in [3.63, 3.8) is 0 Å². The van der Waals surface area contributed by atoms with E-state index in [1.165, 1.54) is 11.1 Å². The quantitative estimate of drug-likeness (QED) is 0.917. The van der Waals surface area contributed by atoms with Gasteiger partial charge >= 0.3 is 0 Å². The Labute approximate surface area is 127 Å². The summed E-state index contributed by atoms with van der Waals surface area (Å²) in [5, 5.41) is 3.52. The summed E-state index contributed by atoms with van der Waals surface area (Å²) >= 11 is 0. The average molecular weight is 286 g/mol. The first-order valence-electron chi connectivity index (χ1n) is 7.59. The van der Waals surface area contributed by atoms with E-state index in [-0.39, 0.29) is 0 Å². The van der Waals surface area contributed by atoms with Crippen molar-refractivity contribution < 1.29 is 0 Å². The minimum absolute atomic E-state index is 0.643. The van der Waals surface area contributed by atoms with Gasteiger partial charge in [-0.3, -0.25) is 4.57 Å². The Morgan fingerprint density at radius 3 is 2.48 bits per heavy atom. The molecule has 2 rings (SSSR count). The molecular weight excluding hydrogens is 260 g/mol. The third-order valence-electron chi connectivity index (χ3n) is 3.79. The molecule has 0 aromatic carbocycles. The van der Waals surface area contributed by atoms with E-state index in [0.717, 1.165) is 36.0 Å². The van der Waals surface area contributed by atoms with E-state index >= 15 is 0 Å². The first kappa shape index (κ1) is 15.7. The van der Waals surface area contributed by atoms with Gasteiger partial charge < -0.3 is 5.32 Å². The summed E-state index contributed by atoms with van der Waals surface area (Å²) < 4.78 is 2.10. The van der Waals surface area contributed by atoms with E-state index in [2.05, 4.69) is 48.6 Å². The molecule has 4 heteroatoms. The molecule has 4 nitrogen and oxygen atoms in total. The van der Waals surface area contributed by atoms with Crippen molar-refractivity contribution in [2.45, 2.75) is 48.1 Å². The summed E-state index contributed by atoms with van der Waals surface area (Å²) in [6.45, 7) is 14.6. The third kappa shape index (κ3) is 3.50. The molecule has 0 saturated carbocycles. The topological polar surface area (TPSA) is 42.7 Å². The Morgan fingerprint density at radius 1 is 1.19 bits per heavy atom. The van der Waals surface area contributed by atoms with Crippen LogP contribution in [0.25, 0.3) is 5.82 Å². The molecule has 0 aliphatic heterocycles. The highest BCUT2D eigenvalue weighted by Crippen LogP contribution is 2.20. The van der Waals surface area contributed by atoms with Crippen molar-refractivity contribution in [3.05, 3.63) is 40.6 Å². The van der Waals surface area contributed by atoms with Crippen molar-refractivity contribution in [3.8, 4) is 5.82 Å². The number of pyridine rings is 1. The summed E-state index contributed by atoms with van der Waals surface area (Å²) in [6.07, 6.45) is 1.87. The van der Waals surface area contributed by atoms with Crippen LogP contribution in [0.4, 0.5) is 0 Å². The fourth-order valence-electron chi connectivity index (χ4n) is 2.46. The molecule has 114 valence electrons. The molecule has 0 bridgehead atoms. The van der Waals surface area contributed by atoms with Gasteiger partial charge in [0, 0.05) is 23.5 Å². The summed E-state index contributed by atoms with van der Waals surface area (Å²) in [5.74, 6) is 1.64. The first-order chi connectivity index (χ1) is 9.90. The van der Waals surface area contributed by atoms with Crippen molar-refractivity contribution >= 4 is 0 Å². The summed E-state index contributed by atoms with van der Waals surface area (Å²) in [5.41, 5.74) is 5.77. The maximum absolute atomic E-state index is 4.76. The van der Waals surface area contributed by atoms with Crippen LogP contribution < -0.4 is 5.32 Å². The fourth-order valence-corrected chi connectivity index (χ4v) is 2.46. The highest BCUT2D eigenvalue weighted by molar-refractivity contribution is 5.43. The molecule has 0 amide bonds. The fraction of sp³-hybridized carbons (Fsp3) is 0.529. The lowest BCUT2D eigenvalue weighted by atomic mass is 10.1. The Hall–Kier alpha value is -1.68. The molecule has 1 N–H and O–H groups in total. The largest absolute Gasteiger partial charge is 0.312 e. The van der Waals surface area contributed by atoms with Crippen LogP contribution in [-0.2, 0) is 6.54 Å². The molecular formula is C17H26N4. The molecule has 0 aliphatic carbocycles. The minimum Gasteiger partial charge on any atom is -0.312 e. The number of nitrogens with one attached hydrogen (secondary N) is 1. The van der Waals surface area contributed by atoms with Crippen LogP contribution in [-0.4, -0.2) is 21.1 Å². The van der Waals surface area contributed by atoms with Crippen LogP contribution in [0.15, 0.2) is 12.4 Å². The molecule has 2 heterocycles. The highest BCUT2D eigenvalue weighted by Gasteiger charge is 2.13. The van der Waals surface area contributed by atoms with Gasteiger partial charge in [-0.25, -0.2) is 9.97 Å². The molecule has 0 unspecified atom stereocenters. The van der Waals surface area contributed by atoms with Crippen molar-refractivity contribution in [1.29, 1.82) is 0 Å². The van der Waals surface area contributed by atoms with Gasteiger partial charge in [0.25, 0.3) is 0 Å². The van der Waals surface area contributed by atoms with Gasteiger partial charge in [0.05, 0.1) is 5.69 Å². The van der Waals surface area contributed by atoms with E-state index in [9.17, 15) is 0 Å². The van der Waals surface area contributed by atoms with Crippen LogP contribution in [0, 0.1) is 33.6 Å². The van der Waals surface area contributed by atoms with Crippen LogP contribution in [0.5, 0.6) is 0 Å². The summed E-state index contributed by atoms with van der Waals surface area (Å²) in [6, 6.07) is 2.15. The molecule has 0 radical (unpaired) electrons. The van der Waals surface area contributed by atoms with Crippen LogP contribution >= 0.6 is 0 Å². The monoisotopic (exact) mass is 286 g/mol. The molecule has 2 aromatic heterocycles. The van der Waals surface area contributed by atoms with Gasteiger partial charge in [0.1, 0.15) is 12.1 Å².